The summed E-state index contributed by atoms with van der Waals surface area (Å²) in [5.74, 6) is -0.0762. The van der Waals surface area contributed by atoms with Gasteiger partial charge >= 0.3 is 12.1 Å². The molecular formula is C21H19F3N6O4. The fourth-order valence-corrected chi connectivity index (χ4v) is 3.13. The van der Waals surface area contributed by atoms with Gasteiger partial charge in [0.25, 0.3) is 5.95 Å². The number of carbonyl (C=O) groups excluding carboxylic acids is 1. The largest absolute Gasteiger partial charge is 0.492 e. The van der Waals surface area contributed by atoms with Gasteiger partial charge in [-0.2, -0.15) is 28.4 Å². The second-order valence-corrected chi connectivity index (χ2v) is 6.90. The van der Waals surface area contributed by atoms with Gasteiger partial charge in [-0.25, -0.2) is 14.5 Å². The lowest BCUT2D eigenvalue weighted by atomic mass is 10.2. The number of esters is 1. The molecule has 0 N–H and O–H groups in total. The van der Waals surface area contributed by atoms with Crippen molar-refractivity contribution in [1.29, 1.82) is 0 Å². The van der Waals surface area contributed by atoms with Crippen LogP contribution in [0.3, 0.4) is 0 Å². The number of hydrogen-bond donors (Lipinski definition) is 0. The Hall–Kier alpha value is -4.16. The zero-order valence-corrected chi connectivity index (χ0v) is 18.1. The number of nitrogens with zero attached hydrogens (tertiary/aromatic N) is 6. The quantitative estimate of drug-likeness (QED) is 0.357. The van der Waals surface area contributed by atoms with Crippen molar-refractivity contribution in [3.8, 4) is 17.6 Å². The molecule has 1 aromatic carbocycles. The van der Waals surface area contributed by atoms with Crippen LogP contribution >= 0.6 is 0 Å². The molecule has 0 aliphatic rings. The number of halogens is 3. The molecule has 0 unspecified atom stereocenters. The Bertz CT molecular complexity index is 1320. The molecule has 0 saturated heterocycles. The molecule has 34 heavy (non-hydrogen) atoms. The molecule has 13 heteroatoms. The topological polar surface area (TPSA) is 106 Å². The zero-order chi connectivity index (χ0) is 24.3. The Balaban J connectivity index is 1.53. The van der Waals surface area contributed by atoms with Crippen LogP contribution in [0.1, 0.15) is 22.8 Å². The van der Waals surface area contributed by atoms with Crippen molar-refractivity contribution in [1.82, 2.24) is 29.5 Å². The second-order valence-electron chi connectivity index (χ2n) is 6.90. The second kappa shape index (κ2) is 9.37. The monoisotopic (exact) mass is 476 g/mol. The van der Waals surface area contributed by atoms with Crippen molar-refractivity contribution in [3.05, 3.63) is 54.0 Å². The molecule has 0 atom stereocenters. The van der Waals surface area contributed by atoms with Crippen LogP contribution in [-0.4, -0.2) is 55.8 Å². The van der Waals surface area contributed by atoms with Crippen LogP contribution in [0.25, 0.3) is 17.0 Å². The number of aromatic nitrogens is 6. The summed E-state index contributed by atoms with van der Waals surface area (Å²) in [6.45, 7) is 2.18. The average molecular weight is 476 g/mol. The van der Waals surface area contributed by atoms with Crippen molar-refractivity contribution < 1.29 is 32.2 Å². The molecule has 0 fully saturated rings. The molecule has 4 aromatic rings. The summed E-state index contributed by atoms with van der Waals surface area (Å²) in [7, 11) is 1.43. The van der Waals surface area contributed by atoms with Gasteiger partial charge in [-0.1, -0.05) is 6.07 Å². The molecular weight excluding hydrogens is 457 g/mol. The van der Waals surface area contributed by atoms with E-state index in [1.807, 2.05) is 0 Å². The predicted molar refractivity (Wildman–Crippen MR) is 112 cm³/mol. The van der Waals surface area contributed by atoms with Crippen molar-refractivity contribution in [2.75, 3.05) is 20.3 Å². The molecule has 3 heterocycles. The number of methoxy groups -OCH3 is 1. The fourth-order valence-electron chi connectivity index (χ4n) is 3.13. The summed E-state index contributed by atoms with van der Waals surface area (Å²) in [5.41, 5.74) is 0.361. The van der Waals surface area contributed by atoms with E-state index in [9.17, 15) is 18.0 Å². The number of carbonyl (C=O) groups is 1. The van der Waals surface area contributed by atoms with E-state index in [1.165, 1.54) is 47.2 Å². The van der Waals surface area contributed by atoms with Crippen molar-refractivity contribution in [2.24, 2.45) is 0 Å². The lowest BCUT2D eigenvalue weighted by Gasteiger charge is -2.11. The molecule has 178 valence electrons. The van der Waals surface area contributed by atoms with E-state index in [4.69, 9.17) is 14.2 Å². The minimum absolute atomic E-state index is 0.0467. The lowest BCUT2D eigenvalue weighted by Crippen LogP contribution is -2.12. The normalized spacial score (nSPS) is 11.6. The van der Waals surface area contributed by atoms with E-state index in [0.717, 1.165) is 12.1 Å². The van der Waals surface area contributed by atoms with Crippen LogP contribution in [0.2, 0.25) is 0 Å². The smallest absolute Gasteiger partial charge is 0.416 e. The van der Waals surface area contributed by atoms with Crippen LogP contribution in [0.4, 0.5) is 13.2 Å². The summed E-state index contributed by atoms with van der Waals surface area (Å²) in [6, 6.07) is 4.64. The number of hydrogen-bond acceptors (Lipinski definition) is 8. The zero-order valence-electron chi connectivity index (χ0n) is 18.1. The highest BCUT2D eigenvalue weighted by Crippen LogP contribution is 2.31. The third kappa shape index (κ3) is 4.77. The number of fused-ring (bicyclic) bond motifs is 1. The Morgan fingerprint density at radius 1 is 1.15 bits per heavy atom. The summed E-state index contributed by atoms with van der Waals surface area (Å²) >= 11 is 0. The van der Waals surface area contributed by atoms with Crippen LogP contribution < -0.4 is 9.47 Å². The first kappa shape index (κ1) is 23.0. The first-order chi connectivity index (χ1) is 16.3. The summed E-state index contributed by atoms with van der Waals surface area (Å²) in [4.78, 5) is 20.6. The first-order valence-electron chi connectivity index (χ1n) is 10.1. The molecule has 4 rings (SSSR count). The highest BCUT2D eigenvalue weighted by molar-refractivity contribution is 5.88. The summed E-state index contributed by atoms with van der Waals surface area (Å²) < 4.78 is 57.3. The van der Waals surface area contributed by atoms with Gasteiger partial charge in [0.1, 0.15) is 23.4 Å². The molecule has 3 aromatic heterocycles. The van der Waals surface area contributed by atoms with E-state index >= 15 is 0 Å². The molecule has 0 radical (unpaired) electrons. The van der Waals surface area contributed by atoms with Crippen LogP contribution in [-0.2, 0) is 17.5 Å². The summed E-state index contributed by atoms with van der Waals surface area (Å²) in [5, 5.41) is 8.35. The van der Waals surface area contributed by atoms with E-state index < -0.39 is 17.7 Å². The molecule has 10 nitrogen and oxygen atoms in total. The van der Waals surface area contributed by atoms with Crippen LogP contribution in [0, 0.1) is 0 Å². The van der Waals surface area contributed by atoms with Gasteiger partial charge in [-0.05, 0) is 25.1 Å². The number of rotatable bonds is 8. The van der Waals surface area contributed by atoms with Crippen molar-refractivity contribution in [2.45, 2.75) is 19.6 Å². The van der Waals surface area contributed by atoms with Gasteiger partial charge in [0.15, 0.2) is 0 Å². The SMILES string of the molecule is CCOC(=O)c1cnn(-c2nc(OC)c3c(cnn3CCOc3cccc(C(F)(F)F)c3)n2)c1. The van der Waals surface area contributed by atoms with Crippen LogP contribution in [0.5, 0.6) is 11.6 Å². The van der Waals surface area contributed by atoms with Gasteiger partial charge in [-0.15, -0.1) is 0 Å². The maximum absolute atomic E-state index is 12.9. The van der Waals surface area contributed by atoms with Gasteiger partial charge in [0.2, 0.25) is 5.88 Å². The molecule has 0 amide bonds. The third-order valence-electron chi connectivity index (χ3n) is 4.67. The standard InChI is InChI=1S/C21H19F3N6O4/c1-3-33-19(31)13-10-25-30(12-13)20-27-16-11-26-29(17(16)18(28-20)32-2)7-8-34-15-6-4-5-14(9-15)21(22,23)24/h4-6,9-12H,3,7-8H2,1-2H3. The number of ether oxygens (including phenoxy) is 3. The summed E-state index contributed by atoms with van der Waals surface area (Å²) in [6.07, 6.45) is -0.187. The molecule has 0 spiro atoms. The highest BCUT2D eigenvalue weighted by atomic mass is 19.4. The van der Waals surface area contributed by atoms with Gasteiger partial charge in [0.05, 0.1) is 43.8 Å². The Morgan fingerprint density at radius 3 is 2.71 bits per heavy atom. The lowest BCUT2D eigenvalue weighted by molar-refractivity contribution is -0.137. The van der Waals surface area contributed by atoms with E-state index in [2.05, 4.69) is 20.2 Å². The third-order valence-corrected chi connectivity index (χ3v) is 4.67. The minimum atomic E-state index is -4.45. The molecule has 0 aliphatic heterocycles. The maximum atomic E-state index is 12.9. The van der Waals surface area contributed by atoms with Crippen molar-refractivity contribution in [3.63, 3.8) is 0 Å². The molecule has 0 aliphatic carbocycles. The maximum Gasteiger partial charge on any atom is 0.416 e. The Morgan fingerprint density at radius 2 is 1.97 bits per heavy atom. The van der Waals surface area contributed by atoms with Gasteiger partial charge < -0.3 is 14.2 Å². The van der Waals surface area contributed by atoms with E-state index in [1.54, 1.807) is 6.92 Å². The Labute approximate surface area is 190 Å². The van der Waals surface area contributed by atoms with Gasteiger partial charge in [-0.3, -0.25) is 4.68 Å². The fraction of sp³-hybridized carbons (Fsp3) is 0.286. The van der Waals surface area contributed by atoms with E-state index in [0.29, 0.717) is 11.0 Å². The van der Waals surface area contributed by atoms with Crippen LogP contribution in [0.15, 0.2) is 42.9 Å². The molecule has 0 saturated carbocycles. The van der Waals surface area contributed by atoms with Gasteiger partial charge in [0, 0.05) is 6.20 Å². The predicted octanol–water partition coefficient (Wildman–Crippen LogP) is 3.30. The minimum Gasteiger partial charge on any atom is -0.492 e. The number of benzene rings is 1. The first-order valence-corrected chi connectivity index (χ1v) is 10.1. The van der Waals surface area contributed by atoms with Crippen molar-refractivity contribution >= 4 is 17.0 Å². The van der Waals surface area contributed by atoms with E-state index in [-0.39, 0.29) is 42.9 Å². The average Bonchev–Trinajstić information content (AvgIpc) is 3.46. The molecule has 0 bridgehead atoms. The number of alkyl halides is 3. The highest BCUT2D eigenvalue weighted by Gasteiger charge is 2.30. The Kier molecular flexibility index (Phi) is 6.34.